The van der Waals surface area contributed by atoms with Gasteiger partial charge < -0.3 is 5.73 Å². The number of nitrogens with two attached hydrogens (primary N) is 1. The van der Waals surface area contributed by atoms with Crippen molar-refractivity contribution in [3.63, 3.8) is 0 Å². The molecule has 0 saturated heterocycles. The fourth-order valence-electron chi connectivity index (χ4n) is 1.75. The maximum Gasteiger partial charge on any atom is 0.134 e. The first kappa shape index (κ1) is 12.0. The Bertz CT molecular complexity index is 803. The van der Waals surface area contributed by atoms with E-state index in [9.17, 15) is 0 Å². The molecule has 0 aliphatic rings. The molecule has 0 atom stereocenters. The molecule has 0 spiro atoms. The number of hydrogen-bond donors (Lipinski definition) is 2. The van der Waals surface area contributed by atoms with Crippen molar-refractivity contribution in [1.82, 2.24) is 25.1 Å². The number of hydrogen-bond acceptors (Lipinski definition) is 5. The molecule has 20 heavy (non-hydrogen) atoms. The van der Waals surface area contributed by atoms with Crippen molar-refractivity contribution in [3.05, 3.63) is 55.2 Å². The predicted molar refractivity (Wildman–Crippen MR) is 76.7 cm³/mol. The highest BCUT2D eigenvalue weighted by Gasteiger charge is 1.96. The lowest BCUT2D eigenvalue weighted by molar-refractivity contribution is 1.12. The molecule has 0 aliphatic carbocycles. The molecule has 3 N–H and O–H groups in total. The van der Waals surface area contributed by atoms with E-state index in [1.54, 1.807) is 24.7 Å². The summed E-state index contributed by atoms with van der Waals surface area (Å²) in [5, 5.41) is 8.66. The van der Waals surface area contributed by atoms with E-state index in [-0.39, 0.29) is 0 Å². The summed E-state index contributed by atoms with van der Waals surface area (Å²) in [4.78, 5) is 11.7. The smallest absolute Gasteiger partial charge is 0.134 e. The molecule has 97 valence electrons. The quantitative estimate of drug-likeness (QED) is 0.506. The van der Waals surface area contributed by atoms with Crippen LogP contribution in [0.1, 0.15) is 0 Å². The van der Waals surface area contributed by atoms with Crippen LogP contribution in [-0.2, 0) is 0 Å². The highest BCUT2D eigenvalue weighted by atomic mass is 15.1. The Balaban J connectivity index is 0.000000123. The second-order valence-corrected chi connectivity index (χ2v) is 4.04. The summed E-state index contributed by atoms with van der Waals surface area (Å²) >= 11 is 0. The van der Waals surface area contributed by atoms with E-state index in [4.69, 9.17) is 5.73 Å². The van der Waals surface area contributed by atoms with Crippen molar-refractivity contribution >= 4 is 27.6 Å². The molecule has 6 heteroatoms. The molecule has 1 aromatic carbocycles. The monoisotopic (exact) mass is 263 g/mol. The second-order valence-electron chi connectivity index (χ2n) is 4.04. The topological polar surface area (TPSA) is 93.4 Å². The Labute approximate surface area is 114 Å². The van der Waals surface area contributed by atoms with Crippen molar-refractivity contribution in [3.8, 4) is 0 Å². The average molecular weight is 263 g/mol. The number of rotatable bonds is 0. The zero-order valence-electron chi connectivity index (χ0n) is 10.5. The fourth-order valence-corrected chi connectivity index (χ4v) is 1.75. The molecule has 0 unspecified atom stereocenters. The van der Waals surface area contributed by atoms with E-state index in [1.807, 2.05) is 18.2 Å². The van der Waals surface area contributed by atoms with Crippen LogP contribution in [-0.4, -0.2) is 25.1 Å². The molecule has 4 rings (SSSR count). The third kappa shape index (κ3) is 2.39. The van der Waals surface area contributed by atoms with Crippen molar-refractivity contribution < 1.29 is 0 Å². The Morgan fingerprint density at radius 1 is 1.15 bits per heavy atom. The summed E-state index contributed by atoms with van der Waals surface area (Å²) in [6, 6.07) is 10.5. The highest BCUT2D eigenvalue weighted by molar-refractivity contribution is 5.86. The highest BCUT2D eigenvalue weighted by Crippen LogP contribution is 2.12. The van der Waals surface area contributed by atoms with Gasteiger partial charge in [-0.1, -0.05) is 6.07 Å². The summed E-state index contributed by atoms with van der Waals surface area (Å²) in [5.74, 6) is 0.498. The molecule has 3 aromatic heterocycles. The van der Waals surface area contributed by atoms with Crippen LogP contribution in [0, 0.1) is 6.07 Å². The van der Waals surface area contributed by atoms with Gasteiger partial charge in [0.2, 0.25) is 0 Å². The van der Waals surface area contributed by atoms with Crippen LogP contribution in [0.2, 0.25) is 0 Å². The summed E-state index contributed by atoms with van der Waals surface area (Å²) in [6.07, 6.45) is 6.54. The van der Waals surface area contributed by atoms with E-state index in [1.165, 1.54) is 6.33 Å². The van der Waals surface area contributed by atoms with E-state index in [2.05, 4.69) is 31.2 Å². The zero-order chi connectivity index (χ0) is 13.8. The van der Waals surface area contributed by atoms with E-state index in [0.717, 1.165) is 21.8 Å². The first-order chi connectivity index (χ1) is 9.84. The van der Waals surface area contributed by atoms with Gasteiger partial charge in [0.1, 0.15) is 12.1 Å². The molecular formula is C14H11N6. The van der Waals surface area contributed by atoms with Gasteiger partial charge >= 0.3 is 0 Å². The van der Waals surface area contributed by atoms with Gasteiger partial charge in [-0.3, -0.25) is 10.1 Å². The minimum Gasteiger partial charge on any atom is -0.383 e. The second kappa shape index (κ2) is 5.31. The Hall–Kier alpha value is -3.02. The third-order valence-corrected chi connectivity index (χ3v) is 2.75. The first-order valence-electron chi connectivity index (χ1n) is 5.94. The lowest BCUT2D eigenvalue weighted by Crippen LogP contribution is -1.92. The number of aromatic amines is 1. The van der Waals surface area contributed by atoms with E-state index >= 15 is 0 Å². The number of pyridine rings is 1. The molecule has 1 radical (unpaired) electrons. The van der Waals surface area contributed by atoms with Crippen LogP contribution >= 0.6 is 0 Å². The minimum atomic E-state index is 0.498. The van der Waals surface area contributed by atoms with Gasteiger partial charge in [0.25, 0.3) is 0 Å². The number of nitrogens with zero attached hydrogens (tertiary/aromatic N) is 4. The molecule has 0 aliphatic heterocycles. The van der Waals surface area contributed by atoms with Crippen LogP contribution in [0.4, 0.5) is 5.82 Å². The number of aromatic nitrogens is 5. The molecular weight excluding hydrogens is 252 g/mol. The summed E-state index contributed by atoms with van der Waals surface area (Å²) < 4.78 is 0. The lowest BCUT2D eigenvalue weighted by atomic mass is 10.3. The van der Waals surface area contributed by atoms with Gasteiger partial charge in [-0.15, -0.1) is 0 Å². The summed E-state index contributed by atoms with van der Waals surface area (Å²) in [6.45, 7) is 0. The maximum absolute atomic E-state index is 5.58. The first-order valence-corrected chi connectivity index (χ1v) is 5.94. The number of fused-ring (bicyclic) bond motifs is 2. The van der Waals surface area contributed by atoms with Crippen molar-refractivity contribution in [1.29, 1.82) is 0 Å². The number of H-pyrrole nitrogens is 1. The normalized spacial score (nSPS) is 10.2. The molecule has 0 bridgehead atoms. The van der Waals surface area contributed by atoms with Crippen LogP contribution in [0.3, 0.4) is 0 Å². The largest absolute Gasteiger partial charge is 0.383 e. The van der Waals surface area contributed by atoms with Gasteiger partial charge in [0.05, 0.1) is 23.4 Å². The third-order valence-electron chi connectivity index (χ3n) is 2.75. The Kier molecular flexibility index (Phi) is 3.20. The standard InChI is InChI=1S/C7H6N4.C7H5N2/c8-7-5-1-2-9-3-6(5)10-4-11-7;1-2-4-7-6(3-1)5-8-9-7/h1-4H,(H2,8,10,11);2-5H,(H,8,9). The molecule has 6 nitrogen and oxygen atoms in total. The van der Waals surface area contributed by atoms with Crippen molar-refractivity contribution in [2.24, 2.45) is 0 Å². The SMILES string of the molecule is Nc1ncnc2cnccc12.[c]1ccc2[nH]ncc2c1. The number of nitrogen functional groups attached to an aromatic ring is 1. The van der Waals surface area contributed by atoms with Gasteiger partial charge in [-0.25, -0.2) is 9.97 Å². The Morgan fingerprint density at radius 3 is 2.95 bits per heavy atom. The number of nitrogens with one attached hydrogen (secondary N) is 1. The van der Waals surface area contributed by atoms with E-state index in [0.29, 0.717) is 5.82 Å². The molecule has 4 aromatic rings. The predicted octanol–water partition coefficient (Wildman–Crippen LogP) is 1.97. The van der Waals surface area contributed by atoms with Crippen molar-refractivity contribution in [2.45, 2.75) is 0 Å². The molecule has 3 heterocycles. The number of anilines is 1. The summed E-state index contributed by atoms with van der Waals surface area (Å²) in [7, 11) is 0. The van der Waals surface area contributed by atoms with Crippen molar-refractivity contribution in [2.75, 3.05) is 5.73 Å². The average Bonchev–Trinajstić information content (AvgIpc) is 2.97. The number of benzene rings is 1. The van der Waals surface area contributed by atoms with Crippen LogP contribution in [0.5, 0.6) is 0 Å². The van der Waals surface area contributed by atoms with Gasteiger partial charge in [-0.05, 0) is 24.3 Å². The van der Waals surface area contributed by atoms with Crippen LogP contribution in [0.25, 0.3) is 21.8 Å². The molecule has 0 saturated carbocycles. The zero-order valence-corrected chi connectivity index (χ0v) is 10.5. The van der Waals surface area contributed by atoms with Crippen LogP contribution < -0.4 is 5.73 Å². The minimum absolute atomic E-state index is 0.498. The fraction of sp³-hybridized carbons (Fsp3) is 0. The summed E-state index contributed by atoms with van der Waals surface area (Å²) in [5.41, 5.74) is 7.42. The van der Waals surface area contributed by atoms with Crippen LogP contribution in [0.15, 0.2) is 49.2 Å². The van der Waals surface area contributed by atoms with Gasteiger partial charge in [-0.2, -0.15) is 5.10 Å². The molecule has 0 fully saturated rings. The molecule has 0 amide bonds. The Morgan fingerprint density at radius 2 is 2.10 bits per heavy atom. The van der Waals surface area contributed by atoms with Gasteiger partial charge in [0.15, 0.2) is 0 Å². The maximum atomic E-state index is 5.58. The van der Waals surface area contributed by atoms with Gasteiger partial charge in [0, 0.05) is 17.0 Å². The lowest BCUT2D eigenvalue weighted by Gasteiger charge is -1.96. The van der Waals surface area contributed by atoms with E-state index < -0.39 is 0 Å².